The van der Waals surface area contributed by atoms with E-state index < -0.39 is 0 Å². The van der Waals surface area contributed by atoms with E-state index >= 15 is 0 Å². The lowest BCUT2D eigenvalue weighted by atomic mass is 10.0. The predicted molar refractivity (Wildman–Crippen MR) is 136 cm³/mol. The van der Waals surface area contributed by atoms with E-state index in [1.807, 2.05) is 0 Å². The summed E-state index contributed by atoms with van der Waals surface area (Å²) < 4.78 is 0. The molecule has 0 N–H and O–H groups in total. The van der Waals surface area contributed by atoms with Crippen molar-refractivity contribution in [2.75, 3.05) is 13.1 Å². The fourth-order valence-electron chi connectivity index (χ4n) is 4.84. The van der Waals surface area contributed by atoms with Gasteiger partial charge in [0.1, 0.15) is 6.17 Å². The van der Waals surface area contributed by atoms with Crippen LogP contribution in [-0.2, 0) is 0 Å². The van der Waals surface area contributed by atoms with Crippen LogP contribution < -0.4 is 0 Å². The van der Waals surface area contributed by atoms with Crippen LogP contribution in [0.2, 0.25) is 0 Å². The zero-order valence-corrected chi connectivity index (χ0v) is 21.2. The van der Waals surface area contributed by atoms with Gasteiger partial charge in [0.05, 0.1) is 0 Å². The molecule has 1 atom stereocenters. The van der Waals surface area contributed by atoms with Crippen LogP contribution in [0.15, 0.2) is 12.4 Å². The van der Waals surface area contributed by atoms with E-state index in [0.29, 0.717) is 6.17 Å². The molecule has 1 rings (SSSR count). The second-order valence-corrected chi connectivity index (χ2v) is 9.70. The van der Waals surface area contributed by atoms with E-state index in [-0.39, 0.29) is 0 Å². The zero-order valence-electron chi connectivity index (χ0n) is 21.2. The van der Waals surface area contributed by atoms with Crippen LogP contribution in [0.4, 0.5) is 0 Å². The summed E-state index contributed by atoms with van der Waals surface area (Å²) in [5, 5.41) is 0. The lowest BCUT2D eigenvalue weighted by Crippen LogP contribution is -2.39. The molecule has 0 aromatic rings. The summed E-state index contributed by atoms with van der Waals surface area (Å²) in [6, 6.07) is 0. The van der Waals surface area contributed by atoms with Crippen LogP contribution in [0.3, 0.4) is 0 Å². The topological polar surface area (TPSA) is 6.48 Å². The van der Waals surface area contributed by atoms with E-state index in [0.717, 1.165) is 0 Å². The fourth-order valence-corrected chi connectivity index (χ4v) is 4.84. The number of nitrogens with zero attached hydrogens (tertiary/aromatic N) is 2. The van der Waals surface area contributed by atoms with Gasteiger partial charge in [-0.15, -0.1) is 0 Å². The molecule has 0 aliphatic carbocycles. The summed E-state index contributed by atoms with van der Waals surface area (Å²) in [4.78, 5) is 5.24. The Morgan fingerprint density at radius 3 is 1.30 bits per heavy atom. The third-order valence-electron chi connectivity index (χ3n) is 6.78. The van der Waals surface area contributed by atoms with Gasteiger partial charge in [-0.2, -0.15) is 0 Å². The van der Waals surface area contributed by atoms with Crippen molar-refractivity contribution < 1.29 is 0 Å². The fraction of sp³-hybridized carbons (Fsp3) is 0.929. The van der Waals surface area contributed by atoms with Gasteiger partial charge in [-0.05, 0) is 25.7 Å². The molecule has 0 aromatic heterocycles. The van der Waals surface area contributed by atoms with Crippen LogP contribution in [0.1, 0.15) is 149 Å². The summed E-state index contributed by atoms with van der Waals surface area (Å²) in [5.74, 6) is 0. The van der Waals surface area contributed by atoms with Gasteiger partial charge in [0, 0.05) is 25.5 Å². The van der Waals surface area contributed by atoms with Crippen molar-refractivity contribution >= 4 is 0 Å². The molecule has 2 heteroatoms. The second kappa shape index (κ2) is 20.3. The van der Waals surface area contributed by atoms with Crippen molar-refractivity contribution in [3.63, 3.8) is 0 Å². The highest BCUT2D eigenvalue weighted by molar-refractivity contribution is 4.96. The molecule has 1 unspecified atom stereocenters. The number of rotatable bonds is 22. The highest BCUT2D eigenvalue weighted by atomic mass is 15.4. The smallest absolute Gasteiger partial charge is 0.101 e. The van der Waals surface area contributed by atoms with Gasteiger partial charge in [0.15, 0.2) is 0 Å². The summed E-state index contributed by atoms with van der Waals surface area (Å²) in [6.45, 7) is 9.38. The number of hydrogen-bond acceptors (Lipinski definition) is 2. The van der Waals surface area contributed by atoms with Crippen molar-refractivity contribution in [1.82, 2.24) is 9.80 Å². The largest absolute Gasteiger partial charge is 0.356 e. The third-order valence-corrected chi connectivity index (χ3v) is 6.78. The molecule has 0 aromatic carbocycles. The Bertz CT molecular complexity index is 379. The lowest BCUT2D eigenvalue weighted by Gasteiger charge is -2.33. The molecule has 30 heavy (non-hydrogen) atoms. The van der Waals surface area contributed by atoms with E-state index in [2.05, 4.69) is 43.0 Å². The minimum atomic E-state index is 0.642. The first-order valence-electron chi connectivity index (χ1n) is 14.0. The molecule has 0 radical (unpaired) electrons. The number of hydrogen-bond donors (Lipinski definition) is 0. The van der Waals surface area contributed by atoms with Crippen LogP contribution >= 0.6 is 0 Å². The normalized spacial score (nSPS) is 16.2. The second-order valence-electron chi connectivity index (χ2n) is 9.70. The van der Waals surface area contributed by atoms with Gasteiger partial charge in [-0.1, -0.05) is 124 Å². The molecule has 1 aliphatic heterocycles. The van der Waals surface area contributed by atoms with Gasteiger partial charge >= 0.3 is 0 Å². The molecule has 1 heterocycles. The Labute approximate surface area is 190 Å². The Hall–Kier alpha value is -0.660. The van der Waals surface area contributed by atoms with Crippen molar-refractivity contribution in [3.05, 3.63) is 12.4 Å². The van der Waals surface area contributed by atoms with E-state index in [4.69, 9.17) is 0 Å². The van der Waals surface area contributed by atoms with Gasteiger partial charge in [0.2, 0.25) is 0 Å². The zero-order chi connectivity index (χ0) is 21.7. The van der Waals surface area contributed by atoms with E-state index in [1.54, 1.807) is 0 Å². The van der Waals surface area contributed by atoms with Crippen molar-refractivity contribution in [2.45, 2.75) is 155 Å². The highest BCUT2D eigenvalue weighted by Crippen LogP contribution is 2.23. The van der Waals surface area contributed by atoms with Crippen molar-refractivity contribution in [3.8, 4) is 0 Å². The van der Waals surface area contributed by atoms with E-state index in [9.17, 15) is 0 Å². The van der Waals surface area contributed by atoms with Gasteiger partial charge < -0.3 is 9.80 Å². The maximum atomic E-state index is 2.64. The lowest BCUT2D eigenvalue weighted by molar-refractivity contribution is 0.137. The maximum absolute atomic E-state index is 2.64. The molecule has 0 spiro atoms. The van der Waals surface area contributed by atoms with Gasteiger partial charge in [0.25, 0.3) is 0 Å². The van der Waals surface area contributed by atoms with Crippen LogP contribution in [0.25, 0.3) is 0 Å². The first-order valence-corrected chi connectivity index (χ1v) is 14.0. The maximum Gasteiger partial charge on any atom is 0.101 e. The first kappa shape index (κ1) is 27.4. The van der Waals surface area contributed by atoms with Crippen LogP contribution in [0.5, 0.6) is 0 Å². The Kier molecular flexibility index (Phi) is 18.5. The Morgan fingerprint density at radius 2 is 0.833 bits per heavy atom. The van der Waals surface area contributed by atoms with Crippen LogP contribution in [-0.4, -0.2) is 29.1 Å². The van der Waals surface area contributed by atoms with Gasteiger partial charge in [-0.3, -0.25) is 0 Å². The Balaban J connectivity index is 2.04. The molecule has 0 amide bonds. The molecule has 0 bridgehead atoms. The highest BCUT2D eigenvalue weighted by Gasteiger charge is 2.24. The average molecular weight is 421 g/mol. The van der Waals surface area contributed by atoms with Crippen molar-refractivity contribution in [2.24, 2.45) is 0 Å². The average Bonchev–Trinajstić information content (AvgIpc) is 3.13. The molecule has 2 nitrogen and oxygen atoms in total. The van der Waals surface area contributed by atoms with E-state index in [1.165, 1.54) is 142 Å². The summed E-state index contributed by atoms with van der Waals surface area (Å²) in [6.07, 6.45) is 33.7. The first-order chi connectivity index (χ1) is 14.8. The van der Waals surface area contributed by atoms with Crippen molar-refractivity contribution in [1.29, 1.82) is 0 Å². The quantitative estimate of drug-likeness (QED) is 0.161. The molecule has 0 saturated heterocycles. The molecule has 178 valence electrons. The summed E-state index contributed by atoms with van der Waals surface area (Å²) in [5.41, 5.74) is 0. The SMILES string of the molecule is CCCCCCCCCCCCCCCC1N(CCC)C=CN1CCCCCCC. The summed E-state index contributed by atoms with van der Waals surface area (Å²) >= 11 is 0. The molecule has 1 aliphatic rings. The molecular weight excluding hydrogens is 364 g/mol. The molecular formula is C28H56N2. The van der Waals surface area contributed by atoms with Crippen LogP contribution in [0, 0.1) is 0 Å². The predicted octanol–water partition coefficient (Wildman–Crippen LogP) is 9.26. The third kappa shape index (κ3) is 13.6. The number of unbranched alkanes of at least 4 members (excludes halogenated alkanes) is 16. The molecule has 0 saturated carbocycles. The summed E-state index contributed by atoms with van der Waals surface area (Å²) in [7, 11) is 0. The Morgan fingerprint density at radius 1 is 0.433 bits per heavy atom. The monoisotopic (exact) mass is 420 g/mol. The molecule has 0 fully saturated rings. The van der Waals surface area contributed by atoms with Gasteiger partial charge in [-0.25, -0.2) is 0 Å². The minimum Gasteiger partial charge on any atom is -0.356 e. The minimum absolute atomic E-state index is 0.642. The standard InChI is InChI=1S/C28H56N2/c1-4-7-9-11-12-13-14-15-16-17-18-19-21-23-28-29(24-6-3)26-27-30(28)25-22-20-10-8-5-2/h26-28H,4-25H2,1-3H3.